The minimum absolute atomic E-state index is 0.00119. The average molecular weight is 373 g/mol. The number of unbranched alkanes of at least 4 members (excludes halogenated alkanes) is 1. The van der Waals surface area contributed by atoms with E-state index in [9.17, 15) is 18.4 Å². The van der Waals surface area contributed by atoms with Crippen LogP contribution in [0.15, 0.2) is 18.2 Å². The third kappa shape index (κ3) is 8.11. The Morgan fingerprint density at radius 2 is 2.00 bits per heavy atom. The Bertz CT molecular complexity index is 599. The molecule has 1 aromatic carbocycles. The summed E-state index contributed by atoms with van der Waals surface area (Å²) in [6.45, 7) is -0.0710. The second kappa shape index (κ2) is 11.2. The number of alkyl halides is 2. The van der Waals surface area contributed by atoms with Crippen LogP contribution in [0.3, 0.4) is 0 Å². The highest BCUT2D eigenvalue weighted by Crippen LogP contribution is 2.29. The van der Waals surface area contributed by atoms with Gasteiger partial charge in [0.25, 0.3) is 0 Å². The lowest BCUT2D eigenvalue weighted by atomic mass is 10.2. The summed E-state index contributed by atoms with van der Waals surface area (Å²) in [5.41, 5.74) is 0.742. The van der Waals surface area contributed by atoms with Gasteiger partial charge in [0.15, 0.2) is 11.5 Å². The van der Waals surface area contributed by atoms with E-state index in [1.54, 1.807) is 24.1 Å². The predicted molar refractivity (Wildman–Crippen MR) is 92.4 cm³/mol. The van der Waals surface area contributed by atoms with E-state index in [1.807, 2.05) is 6.92 Å². The highest BCUT2D eigenvalue weighted by molar-refractivity contribution is 5.95. The fraction of sp³-hybridized carbons (Fsp3) is 0.529. The predicted octanol–water partition coefficient (Wildman–Crippen LogP) is 2.35. The lowest BCUT2D eigenvalue weighted by Gasteiger charge is -2.17. The Balaban J connectivity index is 2.52. The molecule has 0 fully saturated rings. The van der Waals surface area contributed by atoms with Gasteiger partial charge >= 0.3 is 12.6 Å². The van der Waals surface area contributed by atoms with Gasteiger partial charge in [-0.3, -0.25) is 15.0 Å². The number of methoxy groups -OCH3 is 1. The Morgan fingerprint density at radius 3 is 2.62 bits per heavy atom. The molecule has 0 heterocycles. The molecule has 0 spiro atoms. The van der Waals surface area contributed by atoms with E-state index < -0.39 is 18.5 Å². The summed E-state index contributed by atoms with van der Waals surface area (Å²) in [5.74, 6) is -0.322. The van der Waals surface area contributed by atoms with Gasteiger partial charge in [-0.2, -0.15) is 8.78 Å². The number of rotatable bonds is 10. The number of hydrogen-bond donors (Lipinski definition) is 2. The zero-order valence-corrected chi connectivity index (χ0v) is 15.2. The molecule has 146 valence electrons. The maximum Gasteiger partial charge on any atom is 0.387 e. The first kappa shape index (κ1) is 21.6. The molecule has 0 aliphatic heterocycles. The number of amides is 3. The number of likely N-dealkylation sites (N-methyl/N-ethyl adjacent to an activating group) is 1. The Kier molecular flexibility index (Phi) is 9.35. The van der Waals surface area contributed by atoms with Crippen LogP contribution < -0.4 is 20.1 Å². The minimum Gasteiger partial charge on any atom is -0.493 e. The van der Waals surface area contributed by atoms with Gasteiger partial charge in [0, 0.05) is 13.1 Å². The van der Waals surface area contributed by atoms with Gasteiger partial charge in [-0.15, -0.1) is 0 Å². The molecule has 0 aliphatic carbocycles. The largest absolute Gasteiger partial charge is 0.493 e. The molecule has 0 radical (unpaired) electrons. The number of nitrogens with one attached hydrogen (secondary N) is 2. The number of imide groups is 1. The molecule has 26 heavy (non-hydrogen) atoms. The van der Waals surface area contributed by atoms with E-state index in [2.05, 4.69) is 15.4 Å². The van der Waals surface area contributed by atoms with Gasteiger partial charge in [0.2, 0.25) is 5.91 Å². The van der Waals surface area contributed by atoms with E-state index >= 15 is 0 Å². The van der Waals surface area contributed by atoms with E-state index in [0.29, 0.717) is 13.1 Å². The van der Waals surface area contributed by atoms with Crippen molar-refractivity contribution in [2.45, 2.75) is 32.9 Å². The van der Waals surface area contributed by atoms with Crippen molar-refractivity contribution < 1.29 is 27.8 Å². The molecule has 0 aromatic heterocycles. The average Bonchev–Trinajstić information content (AvgIpc) is 2.55. The topological polar surface area (TPSA) is 79.9 Å². The van der Waals surface area contributed by atoms with Crippen LogP contribution in [-0.4, -0.2) is 50.7 Å². The number of benzene rings is 1. The molecule has 0 unspecified atom stereocenters. The quantitative estimate of drug-likeness (QED) is 0.616. The lowest BCUT2D eigenvalue weighted by Crippen LogP contribution is -2.43. The maximum absolute atomic E-state index is 12.3. The molecule has 2 N–H and O–H groups in total. The van der Waals surface area contributed by atoms with Crippen LogP contribution in [0, 0.1) is 0 Å². The lowest BCUT2D eigenvalue weighted by molar-refractivity contribution is -0.121. The molecular weight excluding hydrogens is 348 g/mol. The zero-order chi connectivity index (χ0) is 19.5. The smallest absolute Gasteiger partial charge is 0.387 e. The van der Waals surface area contributed by atoms with E-state index in [1.165, 1.54) is 13.2 Å². The first-order valence-corrected chi connectivity index (χ1v) is 8.23. The molecule has 0 saturated carbocycles. The second-order valence-electron chi connectivity index (χ2n) is 5.69. The molecule has 9 heteroatoms. The fourth-order valence-electron chi connectivity index (χ4n) is 2.21. The molecule has 0 bridgehead atoms. The van der Waals surface area contributed by atoms with Crippen molar-refractivity contribution in [1.29, 1.82) is 0 Å². The Hall–Kier alpha value is -2.42. The zero-order valence-electron chi connectivity index (χ0n) is 15.2. The molecule has 0 aliphatic rings. The number of carbonyl (C=O) groups is 2. The minimum atomic E-state index is -2.94. The van der Waals surface area contributed by atoms with E-state index in [0.717, 1.165) is 18.4 Å². The summed E-state index contributed by atoms with van der Waals surface area (Å²) in [4.78, 5) is 25.0. The van der Waals surface area contributed by atoms with Crippen LogP contribution in [0.1, 0.15) is 25.3 Å². The van der Waals surface area contributed by atoms with Crippen LogP contribution in [0.2, 0.25) is 0 Å². The van der Waals surface area contributed by atoms with Gasteiger partial charge in [0.1, 0.15) is 0 Å². The molecule has 1 rings (SSSR count). The second-order valence-corrected chi connectivity index (χ2v) is 5.69. The summed E-state index contributed by atoms with van der Waals surface area (Å²) in [6, 6.07) is 4.03. The van der Waals surface area contributed by atoms with Gasteiger partial charge in [-0.05, 0) is 31.2 Å². The molecule has 1 aromatic rings. The molecule has 0 atom stereocenters. The number of carbonyl (C=O) groups excluding carboxylic acids is 2. The van der Waals surface area contributed by atoms with E-state index in [4.69, 9.17) is 4.74 Å². The van der Waals surface area contributed by atoms with Gasteiger partial charge in [-0.1, -0.05) is 19.4 Å². The van der Waals surface area contributed by atoms with Crippen molar-refractivity contribution in [3.8, 4) is 11.5 Å². The van der Waals surface area contributed by atoms with Crippen molar-refractivity contribution >= 4 is 11.9 Å². The van der Waals surface area contributed by atoms with Gasteiger partial charge in [0.05, 0.1) is 13.7 Å². The van der Waals surface area contributed by atoms with Crippen molar-refractivity contribution in [2.75, 3.05) is 27.2 Å². The summed E-state index contributed by atoms with van der Waals surface area (Å²) >= 11 is 0. The van der Waals surface area contributed by atoms with Crippen LogP contribution in [0.4, 0.5) is 13.6 Å². The van der Waals surface area contributed by atoms with Gasteiger partial charge in [-0.25, -0.2) is 4.79 Å². The summed E-state index contributed by atoms with van der Waals surface area (Å²) in [6.07, 6.45) is 1.79. The van der Waals surface area contributed by atoms with Crippen LogP contribution in [-0.2, 0) is 11.3 Å². The van der Waals surface area contributed by atoms with Crippen LogP contribution >= 0.6 is 0 Å². The van der Waals surface area contributed by atoms with Gasteiger partial charge < -0.3 is 14.8 Å². The third-order valence-electron chi connectivity index (χ3n) is 3.38. The summed E-state index contributed by atoms with van der Waals surface area (Å²) in [5, 5.41) is 4.84. The third-order valence-corrected chi connectivity index (χ3v) is 3.38. The monoisotopic (exact) mass is 373 g/mol. The molecular formula is C17H25F2N3O4. The first-order valence-electron chi connectivity index (χ1n) is 8.23. The number of ether oxygens (including phenoxy) is 2. The van der Waals surface area contributed by atoms with Crippen molar-refractivity contribution in [1.82, 2.24) is 15.5 Å². The summed E-state index contributed by atoms with van der Waals surface area (Å²) in [7, 11) is 3.05. The Morgan fingerprint density at radius 1 is 1.27 bits per heavy atom. The summed E-state index contributed by atoms with van der Waals surface area (Å²) < 4.78 is 34.1. The van der Waals surface area contributed by atoms with Crippen molar-refractivity contribution in [3.05, 3.63) is 23.8 Å². The first-order chi connectivity index (χ1) is 12.3. The van der Waals surface area contributed by atoms with Crippen LogP contribution in [0.5, 0.6) is 11.5 Å². The highest BCUT2D eigenvalue weighted by atomic mass is 19.3. The van der Waals surface area contributed by atoms with Crippen LogP contribution in [0.25, 0.3) is 0 Å². The number of nitrogens with zero attached hydrogens (tertiary/aromatic N) is 1. The highest BCUT2D eigenvalue weighted by Gasteiger charge is 2.14. The normalized spacial score (nSPS) is 10.7. The fourth-order valence-corrected chi connectivity index (χ4v) is 2.21. The maximum atomic E-state index is 12.3. The molecule has 3 amide bonds. The van der Waals surface area contributed by atoms with E-state index in [-0.39, 0.29) is 18.0 Å². The standard InChI is InChI=1S/C17H25F2N3O4/c1-4-5-8-20-17(24)21-15(23)11-22(2)10-12-6-7-13(26-16(18)19)14(9-12)25-3/h6-7,9,16H,4-5,8,10-11H2,1-3H3,(H2,20,21,23,24). The Labute approximate surface area is 151 Å². The number of urea groups is 1. The van der Waals surface area contributed by atoms with Crippen molar-refractivity contribution in [2.24, 2.45) is 0 Å². The molecule has 7 nitrogen and oxygen atoms in total. The number of hydrogen-bond acceptors (Lipinski definition) is 5. The number of halogens is 2. The van der Waals surface area contributed by atoms with Crippen molar-refractivity contribution in [3.63, 3.8) is 0 Å². The SMILES string of the molecule is CCCCNC(=O)NC(=O)CN(C)Cc1ccc(OC(F)F)c(OC)c1. The molecule has 0 saturated heterocycles.